The number of nitrogens with two attached hydrogens (primary N) is 1. The normalized spacial score (nSPS) is 18.0. The van der Waals surface area contributed by atoms with Crippen molar-refractivity contribution in [1.82, 2.24) is 20.3 Å². The Bertz CT molecular complexity index is 683. The number of nitrogens with zero attached hydrogens (tertiary/aromatic N) is 2. The van der Waals surface area contributed by atoms with E-state index in [4.69, 9.17) is 30.2 Å². The fourth-order valence-electron chi connectivity index (χ4n) is 2.03. The minimum Gasteiger partial charge on any atom is -0.403 e. The van der Waals surface area contributed by atoms with Crippen LogP contribution in [0.1, 0.15) is 25.7 Å². The van der Waals surface area contributed by atoms with Crippen LogP contribution in [-0.2, 0) is 14.8 Å². The molecule has 0 aliphatic heterocycles. The molecular formula is C13H21N5O3S3. The minimum atomic E-state index is -4.16. The van der Waals surface area contributed by atoms with E-state index >= 15 is 0 Å². The van der Waals surface area contributed by atoms with E-state index in [0.717, 1.165) is 31.9 Å². The van der Waals surface area contributed by atoms with Gasteiger partial charge in [0.25, 0.3) is 15.9 Å². The number of sulfonamides is 1. The maximum atomic E-state index is 12.4. The lowest BCUT2D eigenvalue weighted by atomic mass is 10.4. The summed E-state index contributed by atoms with van der Waals surface area (Å²) in [5, 5.41) is 2.59. The van der Waals surface area contributed by atoms with Crippen LogP contribution in [0.3, 0.4) is 0 Å². The average Bonchev–Trinajstić information content (AvgIpc) is 3.38. The van der Waals surface area contributed by atoms with Crippen LogP contribution in [0.15, 0.2) is 11.1 Å². The fourth-order valence-corrected chi connectivity index (χ4v) is 3.68. The predicted molar refractivity (Wildman–Crippen MR) is 98.6 cm³/mol. The van der Waals surface area contributed by atoms with E-state index in [1.165, 1.54) is 17.1 Å². The van der Waals surface area contributed by atoms with Crippen molar-refractivity contribution >= 4 is 50.3 Å². The molecule has 4 N–H and O–H groups in total. The molecule has 0 aromatic heterocycles. The van der Waals surface area contributed by atoms with Gasteiger partial charge in [-0.05, 0) is 25.7 Å². The molecule has 8 nitrogen and oxygen atoms in total. The van der Waals surface area contributed by atoms with Gasteiger partial charge in [0, 0.05) is 32.1 Å². The number of rotatable bonds is 6. The lowest BCUT2D eigenvalue weighted by molar-refractivity contribution is -0.119. The van der Waals surface area contributed by atoms with Gasteiger partial charge >= 0.3 is 0 Å². The van der Waals surface area contributed by atoms with Crippen LogP contribution in [0, 0.1) is 11.8 Å². The van der Waals surface area contributed by atoms with Crippen LogP contribution in [0.5, 0.6) is 0 Å². The Hall–Kier alpha value is -1.30. The zero-order valence-corrected chi connectivity index (χ0v) is 15.9. The Morgan fingerprint density at radius 2 is 1.54 bits per heavy atom. The van der Waals surface area contributed by atoms with E-state index in [9.17, 15) is 13.2 Å². The molecule has 2 aliphatic carbocycles. The molecule has 0 aromatic rings. The second kappa shape index (κ2) is 7.30. The van der Waals surface area contributed by atoms with Gasteiger partial charge in [-0.2, -0.15) is 0 Å². The van der Waals surface area contributed by atoms with E-state index in [-0.39, 0.29) is 11.8 Å². The monoisotopic (exact) mass is 391 g/mol. The third-order valence-electron chi connectivity index (χ3n) is 3.71. The first-order valence-corrected chi connectivity index (χ1v) is 9.77. The first kappa shape index (κ1) is 19.0. The molecule has 134 valence electrons. The molecule has 0 aromatic carbocycles. The van der Waals surface area contributed by atoms with Crippen molar-refractivity contribution in [2.45, 2.75) is 25.7 Å². The maximum absolute atomic E-state index is 12.4. The molecule has 0 bridgehead atoms. The summed E-state index contributed by atoms with van der Waals surface area (Å²) < 4.78 is 24.8. The molecule has 0 radical (unpaired) electrons. The number of thiocarbonyl (C=S) groups is 2. The van der Waals surface area contributed by atoms with Gasteiger partial charge in [0.1, 0.15) is 0 Å². The molecular weight excluding hydrogens is 370 g/mol. The van der Waals surface area contributed by atoms with Crippen LogP contribution in [0.2, 0.25) is 0 Å². The van der Waals surface area contributed by atoms with Gasteiger partial charge in [-0.15, -0.1) is 4.83 Å². The quantitative estimate of drug-likeness (QED) is 0.330. The number of hydrogen-bond donors (Lipinski definition) is 3. The summed E-state index contributed by atoms with van der Waals surface area (Å²) in [6.07, 6.45) is 4.58. The second-order valence-electron chi connectivity index (χ2n) is 5.91. The number of hydrogen-bond acceptors (Lipinski definition) is 6. The number of nitrogens with one attached hydrogen (secondary N) is 2. The smallest absolute Gasteiger partial charge is 0.284 e. The Labute approximate surface area is 152 Å². The summed E-state index contributed by atoms with van der Waals surface area (Å²) in [6.45, 7) is 0. The van der Waals surface area contributed by atoms with E-state index < -0.39 is 20.8 Å². The van der Waals surface area contributed by atoms with Crippen molar-refractivity contribution < 1.29 is 13.2 Å². The predicted octanol–water partition coefficient (Wildman–Crippen LogP) is -0.00950. The van der Waals surface area contributed by atoms with Crippen molar-refractivity contribution in [3.63, 3.8) is 0 Å². The molecule has 0 spiro atoms. The summed E-state index contributed by atoms with van der Waals surface area (Å²) in [5.41, 5.74) is 7.79. The summed E-state index contributed by atoms with van der Waals surface area (Å²) in [6, 6.07) is 0. The molecule has 11 heteroatoms. The van der Waals surface area contributed by atoms with Gasteiger partial charge in [-0.25, -0.2) is 8.42 Å². The lowest BCUT2D eigenvalue weighted by Gasteiger charge is -2.23. The molecule has 0 heterocycles. The first-order valence-electron chi connectivity index (χ1n) is 7.48. The topological polar surface area (TPSA) is 108 Å². The Morgan fingerprint density at radius 1 is 1.08 bits per heavy atom. The number of carbonyl (C=O) groups is 1. The highest BCUT2D eigenvalue weighted by Gasteiger charge is 2.34. The molecule has 2 fully saturated rings. The average molecular weight is 392 g/mol. The first-order chi connectivity index (χ1) is 11.2. The molecule has 2 rings (SSSR count). The Balaban J connectivity index is 2.00. The van der Waals surface area contributed by atoms with Crippen LogP contribution in [-0.4, -0.2) is 48.4 Å². The minimum absolute atomic E-state index is 0.203. The zero-order chi connectivity index (χ0) is 18.1. The van der Waals surface area contributed by atoms with E-state index in [1.807, 2.05) is 0 Å². The van der Waals surface area contributed by atoms with Crippen LogP contribution < -0.4 is 16.0 Å². The summed E-state index contributed by atoms with van der Waals surface area (Å²) in [4.78, 5) is 15.0. The number of carbonyl (C=O) groups excluding carboxylic acids is 1. The Morgan fingerprint density at radius 3 is 1.96 bits per heavy atom. The van der Waals surface area contributed by atoms with Gasteiger partial charge in [-0.1, -0.05) is 24.4 Å². The summed E-state index contributed by atoms with van der Waals surface area (Å²) in [7, 11) is -1.09. The Kier molecular flexibility index (Phi) is 5.78. The van der Waals surface area contributed by atoms with Gasteiger partial charge in [-0.3, -0.25) is 20.2 Å². The van der Waals surface area contributed by atoms with Gasteiger partial charge in [0.2, 0.25) is 0 Å². The van der Waals surface area contributed by atoms with Crippen molar-refractivity contribution in [3.05, 3.63) is 11.1 Å². The van der Waals surface area contributed by atoms with Gasteiger partial charge in [0.05, 0.1) is 9.98 Å². The van der Waals surface area contributed by atoms with Crippen molar-refractivity contribution in [2.75, 3.05) is 14.1 Å². The molecule has 0 atom stereocenters. The highest BCUT2D eigenvalue weighted by Crippen LogP contribution is 2.32. The third-order valence-corrected chi connectivity index (χ3v) is 6.33. The van der Waals surface area contributed by atoms with Crippen LogP contribution >= 0.6 is 24.4 Å². The highest BCUT2D eigenvalue weighted by atomic mass is 32.2. The standard InChI is InChI=1S/C13H21N5O3S3/c1-17(12(22)8-3-4-8)15-11(19)10(7-14)24(20,21)16-18(2)13(23)9-5-6-9/h7-9,16H,3-6,14H2,1-2H3,(H,15,19). The van der Waals surface area contributed by atoms with E-state index in [1.54, 1.807) is 7.05 Å². The van der Waals surface area contributed by atoms with Crippen LogP contribution in [0.25, 0.3) is 0 Å². The zero-order valence-electron chi connectivity index (χ0n) is 13.5. The molecule has 2 aliphatic rings. The number of amides is 1. The molecule has 1 amide bonds. The highest BCUT2D eigenvalue weighted by molar-refractivity contribution is 7.94. The van der Waals surface area contributed by atoms with E-state index in [2.05, 4.69) is 10.3 Å². The van der Waals surface area contributed by atoms with Crippen LogP contribution in [0.4, 0.5) is 0 Å². The molecule has 0 saturated heterocycles. The van der Waals surface area contributed by atoms with Crippen molar-refractivity contribution in [2.24, 2.45) is 17.6 Å². The maximum Gasteiger partial charge on any atom is 0.284 e. The third kappa shape index (κ3) is 4.62. The summed E-state index contributed by atoms with van der Waals surface area (Å²) >= 11 is 10.4. The SMILES string of the molecule is CN(NC(=O)C(=CN)S(=O)(=O)NN(C)C(=S)C1CC1)C(=S)C1CC1. The molecule has 0 unspecified atom stereocenters. The second-order valence-corrected chi connectivity index (χ2v) is 8.38. The summed E-state index contributed by atoms with van der Waals surface area (Å²) in [5.74, 6) is -0.400. The number of hydrazine groups is 2. The van der Waals surface area contributed by atoms with E-state index in [0.29, 0.717) is 9.98 Å². The van der Waals surface area contributed by atoms with Gasteiger partial charge in [0.15, 0.2) is 4.91 Å². The van der Waals surface area contributed by atoms with Crippen molar-refractivity contribution in [1.29, 1.82) is 0 Å². The van der Waals surface area contributed by atoms with Crippen molar-refractivity contribution in [3.8, 4) is 0 Å². The largest absolute Gasteiger partial charge is 0.403 e. The lowest BCUT2D eigenvalue weighted by Crippen LogP contribution is -2.49. The molecule has 24 heavy (non-hydrogen) atoms. The fraction of sp³-hybridized carbons (Fsp3) is 0.615. The molecule has 2 saturated carbocycles. The van der Waals surface area contributed by atoms with Gasteiger partial charge < -0.3 is 5.73 Å².